The molecule has 1 heterocycles. The van der Waals surface area contributed by atoms with Crippen LogP contribution in [0.4, 0.5) is 5.69 Å². The van der Waals surface area contributed by atoms with Crippen LogP contribution >= 0.6 is 11.8 Å². The highest BCUT2D eigenvalue weighted by Gasteiger charge is 2.22. The minimum atomic E-state index is -0.211. The monoisotopic (exact) mass is 416 g/mol. The van der Waals surface area contributed by atoms with Crippen molar-refractivity contribution in [3.63, 3.8) is 0 Å². The van der Waals surface area contributed by atoms with Gasteiger partial charge in [-0.25, -0.2) is 4.79 Å². The van der Waals surface area contributed by atoms with Gasteiger partial charge in [0.05, 0.1) is 18.6 Å². The molecule has 0 radical (unpaired) electrons. The molecule has 1 aliphatic carbocycles. The number of methoxy groups -OCH3 is 1. The summed E-state index contributed by atoms with van der Waals surface area (Å²) in [7, 11) is 5.63. The number of carbonyl (C=O) groups excluding carboxylic acids is 1. The van der Waals surface area contributed by atoms with E-state index in [0.29, 0.717) is 23.0 Å². The van der Waals surface area contributed by atoms with Crippen LogP contribution in [0.15, 0.2) is 34.1 Å². The summed E-state index contributed by atoms with van der Waals surface area (Å²) in [5.74, 6) is 0.662. The van der Waals surface area contributed by atoms with Crippen LogP contribution in [0.1, 0.15) is 24.1 Å². The maximum Gasteiger partial charge on any atom is 0.348 e. The number of nitrogens with zero attached hydrogens (tertiary/aromatic N) is 3. The van der Waals surface area contributed by atoms with Crippen molar-refractivity contribution < 1.29 is 9.53 Å². The molecule has 156 valence electrons. The SMILES string of the molecule is COc1ccccc1NC(=O)CSc1nc(=O)n(CCCN(C)C)c2c1CCC2. The molecule has 2 aromatic rings. The van der Waals surface area contributed by atoms with Gasteiger partial charge in [0, 0.05) is 17.8 Å². The number of hydrogen-bond acceptors (Lipinski definition) is 6. The highest BCUT2D eigenvalue weighted by atomic mass is 32.2. The van der Waals surface area contributed by atoms with Gasteiger partial charge in [-0.1, -0.05) is 23.9 Å². The summed E-state index contributed by atoms with van der Waals surface area (Å²) < 4.78 is 7.09. The van der Waals surface area contributed by atoms with Crippen LogP contribution < -0.4 is 15.7 Å². The van der Waals surface area contributed by atoms with E-state index in [1.165, 1.54) is 11.8 Å². The van der Waals surface area contributed by atoms with E-state index in [1.54, 1.807) is 19.2 Å². The Bertz CT molecular complexity index is 927. The van der Waals surface area contributed by atoms with E-state index in [0.717, 1.165) is 43.5 Å². The smallest absolute Gasteiger partial charge is 0.348 e. The van der Waals surface area contributed by atoms with E-state index >= 15 is 0 Å². The van der Waals surface area contributed by atoms with Crippen molar-refractivity contribution in [3.05, 3.63) is 46.0 Å². The lowest BCUT2D eigenvalue weighted by Crippen LogP contribution is -2.29. The average Bonchev–Trinajstić information content (AvgIpc) is 3.18. The second kappa shape index (κ2) is 9.93. The number of hydrogen-bond donors (Lipinski definition) is 1. The van der Waals surface area contributed by atoms with Gasteiger partial charge >= 0.3 is 5.69 Å². The van der Waals surface area contributed by atoms with Crippen molar-refractivity contribution in [3.8, 4) is 5.75 Å². The molecule has 1 aromatic carbocycles. The molecule has 0 saturated heterocycles. The first-order valence-electron chi connectivity index (χ1n) is 9.82. The minimum Gasteiger partial charge on any atom is -0.495 e. The third kappa shape index (κ3) is 5.39. The van der Waals surface area contributed by atoms with E-state index < -0.39 is 0 Å². The number of anilines is 1. The fourth-order valence-corrected chi connectivity index (χ4v) is 4.43. The summed E-state index contributed by atoms with van der Waals surface area (Å²) in [6.45, 7) is 1.62. The van der Waals surface area contributed by atoms with Gasteiger partial charge in [-0.3, -0.25) is 9.36 Å². The van der Waals surface area contributed by atoms with Gasteiger partial charge < -0.3 is 15.0 Å². The second-order valence-electron chi connectivity index (χ2n) is 7.32. The number of rotatable bonds is 9. The Balaban J connectivity index is 1.68. The third-order valence-corrected chi connectivity index (χ3v) is 5.93. The van der Waals surface area contributed by atoms with Gasteiger partial charge in [0.25, 0.3) is 0 Å². The molecule has 0 unspecified atom stereocenters. The van der Waals surface area contributed by atoms with E-state index in [1.807, 2.05) is 30.8 Å². The number of para-hydroxylation sites is 2. The maximum absolute atomic E-state index is 12.6. The molecule has 0 fully saturated rings. The molecule has 7 nitrogen and oxygen atoms in total. The maximum atomic E-state index is 12.6. The van der Waals surface area contributed by atoms with Crippen LogP contribution in [0.5, 0.6) is 5.75 Å². The Morgan fingerprint density at radius 3 is 2.86 bits per heavy atom. The second-order valence-corrected chi connectivity index (χ2v) is 8.29. The van der Waals surface area contributed by atoms with Crippen LogP contribution in [0.3, 0.4) is 0 Å². The largest absolute Gasteiger partial charge is 0.495 e. The van der Waals surface area contributed by atoms with Crippen molar-refractivity contribution in [2.75, 3.05) is 38.8 Å². The quantitative estimate of drug-likeness (QED) is 0.500. The predicted octanol–water partition coefficient (Wildman–Crippen LogP) is 2.42. The van der Waals surface area contributed by atoms with Crippen molar-refractivity contribution >= 4 is 23.4 Å². The highest BCUT2D eigenvalue weighted by Crippen LogP contribution is 2.30. The molecule has 29 heavy (non-hydrogen) atoms. The summed E-state index contributed by atoms with van der Waals surface area (Å²) in [5, 5.41) is 3.56. The van der Waals surface area contributed by atoms with Crippen molar-refractivity contribution in [2.45, 2.75) is 37.3 Å². The zero-order valence-electron chi connectivity index (χ0n) is 17.2. The molecule has 0 atom stereocenters. The molecule has 0 spiro atoms. The van der Waals surface area contributed by atoms with Gasteiger partial charge in [0.15, 0.2) is 0 Å². The lowest BCUT2D eigenvalue weighted by molar-refractivity contribution is -0.113. The topological polar surface area (TPSA) is 76.5 Å². The summed E-state index contributed by atoms with van der Waals surface area (Å²) in [6, 6.07) is 7.29. The highest BCUT2D eigenvalue weighted by molar-refractivity contribution is 8.00. The van der Waals surface area contributed by atoms with Gasteiger partial charge in [-0.15, -0.1) is 0 Å². The predicted molar refractivity (Wildman–Crippen MR) is 116 cm³/mol. The zero-order valence-corrected chi connectivity index (χ0v) is 18.1. The van der Waals surface area contributed by atoms with E-state index in [2.05, 4.69) is 15.2 Å². The number of aromatic nitrogens is 2. The first-order chi connectivity index (χ1) is 14.0. The third-order valence-electron chi connectivity index (χ3n) is 4.91. The minimum absolute atomic E-state index is 0.150. The fraction of sp³-hybridized carbons (Fsp3) is 0.476. The molecular weight excluding hydrogens is 388 g/mol. The van der Waals surface area contributed by atoms with Gasteiger partial charge in [-0.2, -0.15) is 4.98 Å². The Morgan fingerprint density at radius 2 is 2.10 bits per heavy atom. The molecule has 1 aromatic heterocycles. The van der Waals surface area contributed by atoms with Crippen molar-refractivity contribution in [1.82, 2.24) is 14.5 Å². The summed E-state index contributed by atoms with van der Waals surface area (Å²) in [4.78, 5) is 31.4. The molecule has 1 amide bonds. The van der Waals surface area contributed by atoms with Crippen LogP contribution in [0.2, 0.25) is 0 Å². The number of thioether (sulfide) groups is 1. The van der Waals surface area contributed by atoms with E-state index in [4.69, 9.17) is 4.74 Å². The standard InChI is InChI=1S/C21H28N4O3S/c1-24(2)12-7-13-25-17-10-6-8-15(17)20(23-21(25)27)29-14-19(26)22-16-9-4-5-11-18(16)28-3/h4-5,9,11H,6-8,10,12-14H2,1-3H3,(H,22,26). The summed E-state index contributed by atoms with van der Waals surface area (Å²) in [6.07, 6.45) is 3.74. The van der Waals surface area contributed by atoms with Crippen LogP contribution in [-0.2, 0) is 24.2 Å². The van der Waals surface area contributed by atoms with Gasteiger partial charge in [0.1, 0.15) is 10.8 Å². The van der Waals surface area contributed by atoms with Crippen LogP contribution in [0, 0.1) is 0 Å². The Morgan fingerprint density at radius 1 is 1.31 bits per heavy atom. The lowest BCUT2D eigenvalue weighted by atomic mass is 10.2. The fourth-order valence-electron chi connectivity index (χ4n) is 3.55. The molecule has 8 heteroatoms. The number of amides is 1. The van der Waals surface area contributed by atoms with Crippen LogP contribution in [0.25, 0.3) is 0 Å². The van der Waals surface area contributed by atoms with Crippen LogP contribution in [-0.4, -0.2) is 53.9 Å². The number of fused-ring (bicyclic) bond motifs is 1. The van der Waals surface area contributed by atoms with E-state index in [9.17, 15) is 9.59 Å². The molecule has 0 bridgehead atoms. The summed E-state index contributed by atoms with van der Waals surface area (Å²) >= 11 is 1.33. The lowest BCUT2D eigenvalue weighted by Gasteiger charge is -2.15. The molecular formula is C21H28N4O3S. The Labute approximate surface area is 175 Å². The summed E-state index contributed by atoms with van der Waals surface area (Å²) in [5.41, 5.74) is 2.65. The molecule has 0 aliphatic heterocycles. The molecule has 1 N–H and O–H groups in total. The number of nitrogens with one attached hydrogen (secondary N) is 1. The Kier molecular flexibility index (Phi) is 7.33. The first kappa shape index (κ1) is 21.4. The normalized spacial score (nSPS) is 12.8. The van der Waals surface area contributed by atoms with Crippen molar-refractivity contribution in [1.29, 1.82) is 0 Å². The van der Waals surface area contributed by atoms with Crippen molar-refractivity contribution in [2.24, 2.45) is 0 Å². The van der Waals surface area contributed by atoms with E-state index in [-0.39, 0.29) is 17.3 Å². The number of carbonyl (C=O) groups is 1. The average molecular weight is 417 g/mol. The Hall–Kier alpha value is -2.32. The molecule has 3 rings (SSSR count). The first-order valence-corrected chi connectivity index (χ1v) is 10.8. The van der Waals surface area contributed by atoms with Gasteiger partial charge in [-0.05, 0) is 58.5 Å². The number of ether oxygens (including phenoxy) is 1. The molecule has 1 aliphatic rings. The molecule has 0 saturated carbocycles. The zero-order chi connectivity index (χ0) is 20.8. The van der Waals surface area contributed by atoms with Gasteiger partial charge in [0.2, 0.25) is 5.91 Å². The number of benzene rings is 1.